The number of rotatable bonds is 5. The molecule has 0 aromatic heterocycles. The Morgan fingerprint density at radius 3 is 2.61 bits per heavy atom. The fourth-order valence-electron chi connectivity index (χ4n) is 2.60. The third kappa shape index (κ3) is 6.12. The third-order valence-electron chi connectivity index (χ3n) is 4.02. The number of morpholine rings is 1. The SMILES string of the molecule is Cl.O=C(Nc1ccc(OCc2cccc(C(F)(F)F)c2)cc1)C1COCCN1. The number of alkyl halides is 3. The number of ether oxygens (including phenoxy) is 2. The molecular formula is C19H20ClF3N2O3. The van der Waals surface area contributed by atoms with Gasteiger partial charge < -0.3 is 20.1 Å². The Balaban J connectivity index is 0.00000280. The monoisotopic (exact) mass is 416 g/mol. The van der Waals surface area contributed by atoms with Crippen molar-refractivity contribution < 1.29 is 27.4 Å². The van der Waals surface area contributed by atoms with Gasteiger partial charge in [0, 0.05) is 12.2 Å². The molecule has 2 aromatic rings. The molecule has 1 amide bonds. The molecule has 0 saturated carbocycles. The van der Waals surface area contributed by atoms with Crippen molar-refractivity contribution in [1.29, 1.82) is 0 Å². The van der Waals surface area contributed by atoms with Crippen LogP contribution in [0.5, 0.6) is 5.75 Å². The number of benzene rings is 2. The lowest BCUT2D eigenvalue weighted by Crippen LogP contribution is -2.48. The van der Waals surface area contributed by atoms with Gasteiger partial charge >= 0.3 is 6.18 Å². The maximum Gasteiger partial charge on any atom is 0.416 e. The van der Waals surface area contributed by atoms with E-state index >= 15 is 0 Å². The number of amides is 1. The van der Waals surface area contributed by atoms with E-state index in [-0.39, 0.29) is 24.9 Å². The summed E-state index contributed by atoms with van der Waals surface area (Å²) in [5.74, 6) is 0.303. The second-order valence-corrected chi connectivity index (χ2v) is 6.08. The molecule has 1 aliphatic rings. The summed E-state index contributed by atoms with van der Waals surface area (Å²) >= 11 is 0. The number of carbonyl (C=O) groups excluding carboxylic acids is 1. The second kappa shape index (κ2) is 9.77. The van der Waals surface area contributed by atoms with Crippen molar-refractivity contribution in [2.75, 3.05) is 25.1 Å². The van der Waals surface area contributed by atoms with Crippen molar-refractivity contribution in [1.82, 2.24) is 5.32 Å². The standard InChI is InChI=1S/C19H19F3N2O3.ClH/c20-19(21,22)14-3-1-2-13(10-14)11-27-16-6-4-15(5-7-16)24-18(25)17-12-26-9-8-23-17;/h1-7,10,17,23H,8-9,11-12H2,(H,24,25);1H. The molecule has 0 spiro atoms. The average Bonchev–Trinajstić information content (AvgIpc) is 2.68. The third-order valence-corrected chi connectivity index (χ3v) is 4.02. The molecule has 2 aromatic carbocycles. The van der Waals surface area contributed by atoms with Gasteiger partial charge in [-0.3, -0.25) is 4.79 Å². The normalized spacial score (nSPS) is 16.8. The van der Waals surface area contributed by atoms with Crippen molar-refractivity contribution in [2.24, 2.45) is 0 Å². The second-order valence-electron chi connectivity index (χ2n) is 6.08. The van der Waals surface area contributed by atoms with Crippen LogP contribution in [0.25, 0.3) is 0 Å². The molecule has 152 valence electrons. The molecule has 28 heavy (non-hydrogen) atoms. The first-order valence-electron chi connectivity index (χ1n) is 8.43. The minimum Gasteiger partial charge on any atom is -0.489 e. The van der Waals surface area contributed by atoms with Gasteiger partial charge in [-0.2, -0.15) is 13.2 Å². The van der Waals surface area contributed by atoms with Crippen LogP contribution in [0.3, 0.4) is 0 Å². The van der Waals surface area contributed by atoms with Crippen LogP contribution in [0.4, 0.5) is 18.9 Å². The summed E-state index contributed by atoms with van der Waals surface area (Å²) < 4.78 is 49.0. The van der Waals surface area contributed by atoms with Crippen LogP contribution in [0.15, 0.2) is 48.5 Å². The summed E-state index contributed by atoms with van der Waals surface area (Å²) in [7, 11) is 0. The predicted molar refractivity (Wildman–Crippen MR) is 101 cm³/mol. The smallest absolute Gasteiger partial charge is 0.416 e. The highest BCUT2D eigenvalue weighted by Crippen LogP contribution is 2.29. The Morgan fingerprint density at radius 1 is 1.21 bits per heavy atom. The van der Waals surface area contributed by atoms with Crippen LogP contribution in [0, 0.1) is 0 Å². The van der Waals surface area contributed by atoms with Gasteiger partial charge in [0.25, 0.3) is 0 Å². The Kier molecular flexibility index (Phi) is 7.68. The van der Waals surface area contributed by atoms with Crippen LogP contribution < -0.4 is 15.4 Å². The van der Waals surface area contributed by atoms with Crippen LogP contribution in [0.2, 0.25) is 0 Å². The zero-order valence-electron chi connectivity index (χ0n) is 14.8. The first-order valence-corrected chi connectivity index (χ1v) is 8.43. The van der Waals surface area contributed by atoms with E-state index in [2.05, 4.69) is 10.6 Å². The molecule has 0 bridgehead atoms. The van der Waals surface area contributed by atoms with Gasteiger partial charge in [0.2, 0.25) is 5.91 Å². The highest BCUT2D eigenvalue weighted by Gasteiger charge is 2.30. The fourth-order valence-corrected chi connectivity index (χ4v) is 2.60. The molecule has 5 nitrogen and oxygen atoms in total. The molecule has 1 atom stereocenters. The van der Waals surface area contributed by atoms with Gasteiger partial charge in [-0.1, -0.05) is 12.1 Å². The lowest BCUT2D eigenvalue weighted by molar-refractivity contribution is -0.137. The van der Waals surface area contributed by atoms with Crippen molar-refractivity contribution >= 4 is 24.0 Å². The lowest BCUT2D eigenvalue weighted by Gasteiger charge is -2.22. The van der Waals surface area contributed by atoms with Crippen molar-refractivity contribution in [2.45, 2.75) is 18.8 Å². The van der Waals surface area contributed by atoms with Gasteiger partial charge in [-0.15, -0.1) is 12.4 Å². The van der Waals surface area contributed by atoms with E-state index < -0.39 is 17.8 Å². The maximum atomic E-state index is 12.7. The number of hydrogen-bond acceptors (Lipinski definition) is 4. The molecule has 0 aliphatic carbocycles. The Morgan fingerprint density at radius 2 is 1.96 bits per heavy atom. The quantitative estimate of drug-likeness (QED) is 0.781. The summed E-state index contributed by atoms with van der Waals surface area (Å²) in [5, 5.41) is 5.84. The van der Waals surface area contributed by atoms with E-state index in [1.807, 2.05) is 0 Å². The molecular weight excluding hydrogens is 397 g/mol. The van der Waals surface area contributed by atoms with Gasteiger partial charge in [0.05, 0.1) is 18.8 Å². The zero-order valence-corrected chi connectivity index (χ0v) is 15.6. The van der Waals surface area contributed by atoms with E-state index in [0.717, 1.165) is 12.1 Å². The molecule has 1 unspecified atom stereocenters. The zero-order chi connectivity index (χ0) is 19.3. The van der Waals surface area contributed by atoms with Crippen molar-refractivity contribution in [3.05, 3.63) is 59.7 Å². The summed E-state index contributed by atoms with van der Waals surface area (Å²) in [6.07, 6.45) is -4.38. The first-order chi connectivity index (χ1) is 12.9. The summed E-state index contributed by atoms with van der Waals surface area (Å²) in [6, 6.07) is 11.2. The summed E-state index contributed by atoms with van der Waals surface area (Å²) in [5.41, 5.74) is 0.311. The van der Waals surface area contributed by atoms with Crippen LogP contribution in [0.1, 0.15) is 11.1 Å². The Bertz CT molecular complexity index is 779. The number of hydrogen-bond donors (Lipinski definition) is 2. The van der Waals surface area contributed by atoms with E-state index in [0.29, 0.717) is 36.8 Å². The lowest BCUT2D eigenvalue weighted by atomic mass is 10.1. The molecule has 1 heterocycles. The molecule has 3 rings (SSSR count). The topological polar surface area (TPSA) is 59.6 Å². The van der Waals surface area contributed by atoms with E-state index in [1.54, 1.807) is 30.3 Å². The van der Waals surface area contributed by atoms with Crippen LogP contribution in [-0.4, -0.2) is 31.7 Å². The number of anilines is 1. The number of carbonyl (C=O) groups is 1. The molecule has 9 heteroatoms. The van der Waals surface area contributed by atoms with Gasteiger partial charge in [0.1, 0.15) is 18.4 Å². The molecule has 1 saturated heterocycles. The molecule has 1 aliphatic heterocycles. The predicted octanol–water partition coefficient (Wildman–Crippen LogP) is 3.63. The van der Waals surface area contributed by atoms with Gasteiger partial charge in [0.15, 0.2) is 0 Å². The molecule has 1 fully saturated rings. The minimum atomic E-state index is -4.38. The highest BCUT2D eigenvalue weighted by molar-refractivity contribution is 5.95. The summed E-state index contributed by atoms with van der Waals surface area (Å²) in [4.78, 5) is 12.1. The van der Waals surface area contributed by atoms with E-state index in [1.165, 1.54) is 6.07 Å². The van der Waals surface area contributed by atoms with Crippen LogP contribution >= 0.6 is 12.4 Å². The van der Waals surface area contributed by atoms with Crippen LogP contribution in [-0.2, 0) is 22.3 Å². The largest absolute Gasteiger partial charge is 0.489 e. The van der Waals surface area contributed by atoms with Gasteiger partial charge in [-0.25, -0.2) is 0 Å². The van der Waals surface area contributed by atoms with E-state index in [9.17, 15) is 18.0 Å². The van der Waals surface area contributed by atoms with E-state index in [4.69, 9.17) is 9.47 Å². The van der Waals surface area contributed by atoms with Gasteiger partial charge in [-0.05, 0) is 42.0 Å². The fraction of sp³-hybridized carbons (Fsp3) is 0.316. The molecule has 2 N–H and O–H groups in total. The first kappa shape index (κ1) is 22.0. The number of nitrogens with one attached hydrogen (secondary N) is 2. The van der Waals surface area contributed by atoms with Crippen molar-refractivity contribution in [3.8, 4) is 5.75 Å². The Hall–Kier alpha value is -2.29. The average molecular weight is 417 g/mol. The maximum absolute atomic E-state index is 12.7. The van der Waals surface area contributed by atoms with Crippen molar-refractivity contribution in [3.63, 3.8) is 0 Å². The Labute approximate surface area is 166 Å². The molecule has 0 radical (unpaired) electrons. The number of halogens is 4. The highest BCUT2D eigenvalue weighted by atomic mass is 35.5. The summed E-state index contributed by atoms with van der Waals surface area (Å²) in [6.45, 7) is 1.55. The minimum absolute atomic E-state index is 0.